The zero-order chi connectivity index (χ0) is 10.7. The van der Waals surface area contributed by atoms with Gasteiger partial charge in [0.05, 0.1) is 23.4 Å². The van der Waals surface area contributed by atoms with Crippen LogP contribution in [0.15, 0.2) is 18.2 Å². The Kier molecular flexibility index (Phi) is 2.75. The zero-order valence-electron chi connectivity index (χ0n) is 8.23. The molecule has 4 heteroatoms. The third-order valence-electron chi connectivity index (χ3n) is 2.39. The van der Waals surface area contributed by atoms with E-state index in [1.54, 1.807) is 18.2 Å². The van der Waals surface area contributed by atoms with Gasteiger partial charge in [-0.25, -0.2) is 0 Å². The van der Waals surface area contributed by atoms with Crippen LogP contribution in [0.1, 0.15) is 12.0 Å². The van der Waals surface area contributed by atoms with Crippen molar-refractivity contribution in [2.45, 2.75) is 12.5 Å². The lowest BCUT2D eigenvalue weighted by atomic mass is 10.1. The molecule has 1 aliphatic rings. The molecule has 2 rings (SSSR count). The van der Waals surface area contributed by atoms with Crippen LogP contribution in [-0.4, -0.2) is 24.4 Å². The van der Waals surface area contributed by atoms with Gasteiger partial charge in [-0.3, -0.25) is 0 Å². The molecule has 0 aromatic heterocycles. The van der Waals surface area contributed by atoms with Crippen LogP contribution in [0.5, 0.6) is 5.75 Å². The summed E-state index contributed by atoms with van der Waals surface area (Å²) in [4.78, 5) is 0. The Morgan fingerprint density at radius 1 is 1.60 bits per heavy atom. The number of ether oxygens (including phenoxy) is 1. The molecule has 1 heterocycles. The van der Waals surface area contributed by atoms with Crippen molar-refractivity contribution in [3.8, 4) is 11.8 Å². The van der Waals surface area contributed by atoms with Crippen molar-refractivity contribution >= 4 is 5.69 Å². The number of aliphatic hydroxyl groups is 1. The minimum atomic E-state index is 0.122. The predicted octanol–water partition coefficient (Wildman–Crippen LogP) is 1.11. The molecule has 0 radical (unpaired) electrons. The molecule has 4 nitrogen and oxygen atoms in total. The second-order valence-electron chi connectivity index (χ2n) is 3.49. The number of hydrogen-bond donors (Lipinski definition) is 2. The van der Waals surface area contributed by atoms with Crippen molar-refractivity contribution in [1.29, 1.82) is 5.26 Å². The lowest BCUT2D eigenvalue weighted by molar-refractivity contribution is 0.233. The average molecular weight is 204 g/mol. The summed E-state index contributed by atoms with van der Waals surface area (Å²) in [5.74, 6) is 0.767. The van der Waals surface area contributed by atoms with Crippen LogP contribution in [0, 0.1) is 11.3 Å². The third-order valence-corrected chi connectivity index (χ3v) is 2.39. The van der Waals surface area contributed by atoms with E-state index >= 15 is 0 Å². The number of anilines is 1. The van der Waals surface area contributed by atoms with Crippen molar-refractivity contribution in [3.63, 3.8) is 0 Å². The molecule has 0 aliphatic carbocycles. The van der Waals surface area contributed by atoms with Gasteiger partial charge in [0.15, 0.2) is 0 Å². The van der Waals surface area contributed by atoms with Crippen LogP contribution in [-0.2, 0) is 0 Å². The van der Waals surface area contributed by atoms with Crippen molar-refractivity contribution in [1.82, 2.24) is 0 Å². The largest absolute Gasteiger partial charge is 0.489 e. The molecule has 0 saturated heterocycles. The predicted molar refractivity (Wildman–Crippen MR) is 55.8 cm³/mol. The summed E-state index contributed by atoms with van der Waals surface area (Å²) in [6, 6.07) is 7.48. The fourth-order valence-electron chi connectivity index (χ4n) is 1.60. The van der Waals surface area contributed by atoms with Gasteiger partial charge in [-0.2, -0.15) is 5.26 Å². The van der Waals surface area contributed by atoms with Crippen molar-refractivity contribution in [2.24, 2.45) is 0 Å². The number of nitrogens with one attached hydrogen (secondary N) is 1. The molecule has 1 aromatic carbocycles. The number of nitrogens with zero attached hydrogens (tertiary/aromatic N) is 1. The molecule has 78 valence electrons. The lowest BCUT2D eigenvalue weighted by Crippen LogP contribution is -2.32. The van der Waals surface area contributed by atoms with E-state index in [2.05, 4.69) is 11.4 Å². The molecule has 0 amide bonds. The van der Waals surface area contributed by atoms with E-state index in [4.69, 9.17) is 15.1 Å². The number of fused-ring (bicyclic) bond motifs is 1. The number of aliphatic hydroxyl groups excluding tert-OH is 1. The molecular weight excluding hydrogens is 192 g/mol. The summed E-state index contributed by atoms with van der Waals surface area (Å²) >= 11 is 0. The molecule has 1 aromatic rings. The van der Waals surface area contributed by atoms with Crippen LogP contribution < -0.4 is 10.1 Å². The number of hydrogen-bond acceptors (Lipinski definition) is 4. The maximum atomic E-state index is 8.82. The first-order valence-electron chi connectivity index (χ1n) is 4.88. The highest BCUT2D eigenvalue weighted by Crippen LogP contribution is 2.30. The molecule has 0 bridgehead atoms. The maximum absolute atomic E-state index is 8.82. The van der Waals surface area contributed by atoms with Gasteiger partial charge >= 0.3 is 0 Å². The third kappa shape index (κ3) is 2.03. The van der Waals surface area contributed by atoms with E-state index in [0.29, 0.717) is 18.6 Å². The maximum Gasteiger partial charge on any atom is 0.142 e. The standard InChI is InChI=1S/C11H12N2O2/c12-6-8-1-2-11-10(5-8)13-9(3-4-14)7-15-11/h1-2,5,9,13-14H,3-4,7H2. The summed E-state index contributed by atoms with van der Waals surface area (Å²) in [6.07, 6.45) is 0.649. The molecule has 0 saturated carbocycles. The van der Waals surface area contributed by atoms with Gasteiger partial charge in [-0.1, -0.05) is 0 Å². The first-order valence-corrected chi connectivity index (χ1v) is 4.88. The van der Waals surface area contributed by atoms with Gasteiger partial charge in [-0.15, -0.1) is 0 Å². The van der Waals surface area contributed by atoms with E-state index in [1.165, 1.54) is 0 Å². The summed E-state index contributed by atoms with van der Waals surface area (Å²) < 4.78 is 5.51. The Hall–Kier alpha value is -1.73. The zero-order valence-corrected chi connectivity index (χ0v) is 8.23. The first-order chi connectivity index (χ1) is 7.33. The van der Waals surface area contributed by atoms with E-state index in [9.17, 15) is 0 Å². The minimum absolute atomic E-state index is 0.122. The Morgan fingerprint density at radius 2 is 2.47 bits per heavy atom. The summed E-state index contributed by atoms with van der Waals surface area (Å²) in [7, 11) is 0. The van der Waals surface area contributed by atoms with Gasteiger partial charge in [-0.05, 0) is 24.6 Å². The molecule has 1 unspecified atom stereocenters. The van der Waals surface area contributed by atoms with Crippen molar-refractivity contribution in [3.05, 3.63) is 23.8 Å². The SMILES string of the molecule is N#Cc1ccc2c(c1)NC(CCO)CO2. The monoisotopic (exact) mass is 204 g/mol. The van der Waals surface area contributed by atoms with Crippen LogP contribution in [0.3, 0.4) is 0 Å². The van der Waals surface area contributed by atoms with Crippen LogP contribution >= 0.6 is 0 Å². The van der Waals surface area contributed by atoms with Crippen LogP contribution in [0.2, 0.25) is 0 Å². The fourth-order valence-corrected chi connectivity index (χ4v) is 1.60. The smallest absolute Gasteiger partial charge is 0.142 e. The van der Waals surface area contributed by atoms with Crippen molar-refractivity contribution < 1.29 is 9.84 Å². The first kappa shape index (κ1) is 9.81. The van der Waals surface area contributed by atoms with Gasteiger partial charge in [0, 0.05) is 6.61 Å². The number of nitriles is 1. The summed E-state index contributed by atoms with van der Waals surface area (Å²) in [5, 5.41) is 20.8. The molecule has 0 spiro atoms. The average Bonchev–Trinajstić information content (AvgIpc) is 2.28. The second-order valence-corrected chi connectivity index (χ2v) is 3.49. The molecular formula is C11H12N2O2. The Labute approximate surface area is 88.1 Å². The van der Waals surface area contributed by atoms with Gasteiger partial charge in [0.1, 0.15) is 12.4 Å². The Bertz CT molecular complexity index is 398. The van der Waals surface area contributed by atoms with E-state index < -0.39 is 0 Å². The number of benzene rings is 1. The highest BCUT2D eigenvalue weighted by atomic mass is 16.5. The lowest BCUT2D eigenvalue weighted by Gasteiger charge is -2.27. The highest BCUT2D eigenvalue weighted by Gasteiger charge is 2.18. The molecule has 1 atom stereocenters. The fraction of sp³-hybridized carbons (Fsp3) is 0.364. The van der Waals surface area contributed by atoms with Crippen molar-refractivity contribution in [2.75, 3.05) is 18.5 Å². The normalized spacial score (nSPS) is 18.3. The molecule has 15 heavy (non-hydrogen) atoms. The summed E-state index contributed by atoms with van der Waals surface area (Å²) in [5.41, 5.74) is 1.44. The van der Waals surface area contributed by atoms with Crippen LogP contribution in [0.25, 0.3) is 0 Å². The quantitative estimate of drug-likeness (QED) is 0.757. The Morgan fingerprint density at radius 3 is 3.20 bits per heavy atom. The van der Waals surface area contributed by atoms with E-state index in [-0.39, 0.29) is 12.6 Å². The Balaban J connectivity index is 2.20. The van der Waals surface area contributed by atoms with Gasteiger partial charge < -0.3 is 15.2 Å². The molecule has 1 aliphatic heterocycles. The van der Waals surface area contributed by atoms with E-state index in [0.717, 1.165) is 11.4 Å². The molecule has 2 N–H and O–H groups in total. The molecule has 0 fully saturated rings. The summed E-state index contributed by atoms with van der Waals surface area (Å²) in [6.45, 7) is 0.688. The van der Waals surface area contributed by atoms with E-state index in [1.807, 2.05) is 0 Å². The number of rotatable bonds is 2. The van der Waals surface area contributed by atoms with Gasteiger partial charge in [0.25, 0.3) is 0 Å². The topological polar surface area (TPSA) is 65.3 Å². The van der Waals surface area contributed by atoms with Crippen LogP contribution in [0.4, 0.5) is 5.69 Å². The minimum Gasteiger partial charge on any atom is -0.489 e. The van der Waals surface area contributed by atoms with Gasteiger partial charge in [0.2, 0.25) is 0 Å². The second kappa shape index (κ2) is 4.20. The highest BCUT2D eigenvalue weighted by molar-refractivity contribution is 5.61.